The summed E-state index contributed by atoms with van der Waals surface area (Å²) in [6.07, 6.45) is 1.58. The smallest absolute Gasteiger partial charge is 0.363 e. The van der Waals surface area contributed by atoms with Crippen molar-refractivity contribution < 1.29 is 23.4 Å². The maximum absolute atomic E-state index is 13.1. The highest BCUT2D eigenvalue weighted by molar-refractivity contribution is 6.32. The zero-order chi connectivity index (χ0) is 22.5. The van der Waals surface area contributed by atoms with Crippen LogP contribution in [0.25, 0.3) is 6.08 Å². The van der Waals surface area contributed by atoms with Gasteiger partial charge in [0.2, 0.25) is 5.90 Å². The third-order valence-electron chi connectivity index (χ3n) is 4.57. The van der Waals surface area contributed by atoms with Crippen LogP contribution in [0.1, 0.15) is 23.6 Å². The van der Waals surface area contributed by atoms with Crippen LogP contribution in [0.2, 0.25) is 5.02 Å². The lowest BCUT2D eigenvalue weighted by Gasteiger charge is -2.14. The van der Waals surface area contributed by atoms with E-state index in [9.17, 15) is 9.18 Å². The average molecular weight is 452 g/mol. The molecule has 0 saturated heterocycles. The summed E-state index contributed by atoms with van der Waals surface area (Å²) in [6.45, 7) is 2.42. The molecule has 0 bridgehead atoms. The van der Waals surface area contributed by atoms with Crippen LogP contribution in [0, 0.1) is 5.82 Å². The molecule has 0 radical (unpaired) electrons. The van der Waals surface area contributed by atoms with Crippen LogP contribution in [0.5, 0.6) is 11.5 Å². The summed E-state index contributed by atoms with van der Waals surface area (Å²) < 4.78 is 29.9. The normalized spacial score (nSPS) is 14.3. The number of hydrogen-bond acceptors (Lipinski definition) is 5. The van der Waals surface area contributed by atoms with Crippen LogP contribution in [-0.4, -0.2) is 18.5 Å². The lowest BCUT2D eigenvalue weighted by Crippen LogP contribution is -2.05. The Labute approximate surface area is 189 Å². The highest BCUT2D eigenvalue weighted by Crippen LogP contribution is 2.38. The van der Waals surface area contributed by atoms with E-state index in [4.69, 9.17) is 25.8 Å². The Balaban J connectivity index is 1.60. The molecule has 0 unspecified atom stereocenters. The number of ether oxygens (including phenoxy) is 3. The SMILES string of the molecule is CCOc1cc(/C=C2\N=C(c3ccccc3)OC2=O)cc(Cl)c1OCc1ccc(F)cc1. The fourth-order valence-corrected chi connectivity index (χ4v) is 3.36. The van der Waals surface area contributed by atoms with Crippen LogP contribution in [0.4, 0.5) is 4.39 Å². The van der Waals surface area contributed by atoms with Crippen molar-refractivity contribution in [3.8, 4) is 11.5 Å². The fraction of sp³-hybridized carbons (Fsp3) is 0.120. The highest BCUT2D eigenvalue weighted by atomic mass is 35.5. The van der Waals surface area contributed by atoms with Gasteiger partial charge in [0.15, 0.2) is 17.2 Å². The number of halogens is 2. The fourth-order valence-electron chi connectivity index (χ4n) is 3.08. The molecular formula is C25H19ClFNO4. The second kappa shape index (κ2) is 9.66. The van der Waals surface area contributed by atoms with Gasteiger partial charge in [0.05, 0.1) is 11.6 Å². The van der Waals surface area contributed by atoms with E-state index in [-0.39, 0.29) is 24.0 Å². The van der Waals surface area contributed by atoms with Crippen molar-refractivity contribution in [2.24, 2.45) is 4.99 Å². The summed E-state index contributed by atoms with van der Waals surface area (Å²) in [4.78, 5) is 16.6. The first-order valence-electron chi connectivity index (χ1n) is 9.95. The minimum absolute atomic E-state index is 0.155. The number of hydrogen-bond donors (Lipinski definition) is 0. The molecule has 5 nitrogen and oxygen atoms in total. The van der Waals surface area contributed by atoms with Crippen molar-refractivity contribution in [2.75, 3.05) is 6.61 Å². The monoisotopic (exact) mass is 451 g/mol. The molecule has 0 spiro atoms. The van der Waals surface area contributed by atoms with Crippen LogP contribution in [0.3, 0.4) is 0 Å². The molecule has 3 aromatic rings. The Bertz CT molecular complexity index is 1190. The third kappa shape index (κ3) is 4.98. The second-order valence-electron chi connectivity index (χ2n) is 6.88. The maximum Gasteiger partial charge on any atom is 0.363 e. The van der Waals surface area contributed by atoms with Crippen LogP contribution in [-0.2, 0) is 16.1 Å². The molecule has 0 fully saturated rings. The molecule has 162 valence electrons. The Morgan fingerprint density at radius 3 is 2.53 bits per heavy atom. The van der Waals surface area contributed by atoms with Crippen molar-refractivity contribution in [3.63, 3.8) is 0 Å². The number of carbonyl (C=O) groups excluding carboxylic acids is 1. The summed E-state index contributed by atoms with van der Waals surface area (Å²) in [6, 6.07) is 18.5. The lowest BCUT2D eigenvalue weighted by atomic mass is 10.1. The Morgan fingerprint density at radius 1 is 1.06 bits per heavy atom. The summed E-state index contributed by atoms with van der Waals surface area (Å²) in [7, 11) is 0. The number of benzene rings is 3. The van der Waals surface area contributed by atoms with Gasteiger partial charge >= 0.3 is 5.97 Å². The molecule has 1 aliphatic rings. The third-order valence-corrected chi connectivity index (χ3v) is 4.85. The molecule has 32 heavy (non-hydrogen) atoms. The largest absolute Gasteiger partial charge is 0.490 e. The van der Waals surface area contributed by atoms with E-state index in [1.807, 2.05) is 37.3 Å². The molecule has 4 rings (SSSR count). The summed E-state index contributed by atoms with van der Waals surface area (Å²) in [5.74, 6) is 0.171. The molecule has 1 heterocycles. The number of carbonyl (C=O) groups is 1. The second-order valence-corrected chi connectivity index (χ2v) is 7.29. The van der Waals surface area contributed by atoms with Gasteiger partial charge in [0.1, 0.15) is 12.4 Å². The minimum Gasteiger partial charge on any atom is -0.490 e. The van der Waals surface area contributed by atoms with Crippen LogP contribution >= 0.6 is 11.6 Å². The minimum atomic E-state index is -0.547. The standard InChI is InChI=1S/C25H19ClFNO4/c1-2-30-22-14-17(12-20(26)23(22)31-15-16-8-10-19(27)11-9-16)13-21-25(29)32-24(28-21)18-6-4-3-5-7-18/h3-14H,2,15H2,1H3/b21-13-. The molecule has 3 aromatic carbocycles. The zero-order valence-electron chi connectivity index (χ0n) is 17.2. The number of cyclic esters (lactones) is 1. The van der Waals surface area contributed by atoms with E-state index in [1.54, 1.807) is 30.3 Å². The summed E-state index contributed by atoms with van der Waals surface area (Å²) >= 11 is 6.46. The summed E-state index contributed by atoms with van der Waals surface area (Å²) in [5.41, 5.74) is 2.26. The number of esters is 1. The molecule has 1 aliphatic heterocycles. The van der Waals surface area contributed by atoms with Gasteiger partial charge in [-0.25, -0.2) is 14.2 Å². The van der Waals surface area contributed by atoms with E-state index in [0.717, 1.165) is 5.56 Å². The Kier molecular flexibility index (Phi) is 6.52. The van der Waals surface area contributed by atoms with Gasteiger partial charge in [-0.2, -0.15) is 0 Å². The predicted molar refractivity (Wildman–Crippen MR) is 120 cm³/mol. The van der Waals surface area contributed by atoms with Gasteiger partial charge in [-0.15, -0.1) is 0 Å². The van der Waals surface area contributed by atoms with Crippen LogP contribution < -0.4 is 9.47 Å². The van der Waals surface area contributed by atoms with Gasteiger partial charge in [0, 0.05) is 5.56 Å². The number of nitrogens with zero attached hydrogens (tertiary/aromatic N) is 1. The molecule has 0 saturated carbocycles. The Hall–Kier alpha value is -3.64. The lowest BCUT2D eigenvalue weighted by molar-refractivity contribution is -0.129. The first kappa shape index (κ1) is 21.6. The van der Waals surface area contributed by atoms with Crippen LogP contribution in [0.15, 0.2) is 77.4 Å². The van der Waals surface area contributed by atoms with E-state index in [1.165, 1.54) is 12.1 Å². The van der Waals surface area contributed by atoms with Gasteiger partial charge in [-0.1, -0.05) is 41.9 Å². The van der Waals surface area contributed by atoms with Crippen molar-refractivity contribution in [2.45, 2.75) is 13.5 Å². The molecule has 0 amide bonds. The summed E-state index contributed by atoms with van der Waals surface area (Å²) in [5, 5.41) is 0.309. The topological polar surface area (TPSA) is 57.1 Å². The first-order valence-corrected chi connectivity index (χ1v) is 10.3. The maximum atomic E-state index is 13.1. The highest BCUT2D eigenvalue weighted by Gasteiger charge is 2.24. The predicted octanol–water partition coefficient (Wildman–Crippen LogP) is 5.80. The van der Waals surface area contributed by atoms with E-state index in [2.05, 4.69) is 4.99 Å². The van der Waals surface area contributed by atoms with Gasteiger partial charge in [0.25, 0.3) is 0 Å². The Morgan fingerprint density at radius 2 is 1.81 bits per heavy atom. The van der Waals surface area contributed by atoms with Gasteiger partial charge in [-0.05, 0) is 60.5 Å². The van der Waals surface area contributed by atoms with E-state index < -0.39 is 5.97 Å². The number of aliphatic imine (C=N–C) groups is 1. The van der Waals surface area contributed by atoms with Crippen molar-refractivity contribution >= 4 is 29.5 Å². The quantitative estimate of drug-likeness (QED) is 0.336. The van der Waals surface area contributed by atoms with E-state index >= 15 is 0 Å². The molecular weight excluding hydrogens is 433 g/mol. The number of rotatable bonds is 7. The van der Waals surface area contributed by atoms with E-state index in [0.29, 0.717) is 34.3 Å². The molecule has 0 atom stereocenters. The van der Waals surface area contributed by atoms with Crippen molar-refractivity contribution in [1.82, 2.24) is 0 Å². The average Bonchev–Trinajstić information content (AvgIpc) is 3.15. The van der Waals surface area contributed by atoms with Gasteiger partial charge < -0.3 is 14.2 Å². The molecule has 0 aliphatic carbocycles. The molecule has 0 aromatic heterocycles. The van der Waals surface area contributed by atoms with Crippen molar-refractivity contribution in [1.29, 1.82) is 0 Å². The zero-order valence-corrected chi connectivity index (χ0v) is 17.9. The molecule has 0 N–H and O–H groups in total. The first-order chi connectivity index (χ1) is 15.5. The molecule has 7 heteroatoms. The van der Waals surface area contributed by atoms with Gasteiger partial charge in [-0.3, -0.25) is 0 Å². The van der Waals surface area contributed by atoms with Crippen molar-refractivity contribution in [3.05, 3.63) is 100.0 Å².